The lowest BCUT2D eigenvalue weighted by Crippen LogP contribution is -2.30. The van der Waals surface area contributed by atoms with Gasteiger partial charge in [-0.15, -0.1) is 0 Å². The number of halogens is 1. The minimum Gasteiger partial charge on any atom is -0.305 e. The zero-order chi connectivity index (χ0) is 13.1. The summed E-state index contributed by atoms with van der Waals surface area (Å²) in [5.41, 5.74) is 0.587. The van der Waals surface area contributed by atoms with Crippen LogP contribution in [0.5, 0.6) is 0 Å². The fraction of sp³-hybridized carbons (Fsp3) is 0.308. The van der Waals surface area contributed by atoms with Gasteiger partial charge in [0.15, 0.2) is 0 Å². The van der Waals surface area contributed by atoms with Gasteiger partial charge in [0.25, 0.3) is 11.7 Å². The molecule has 4 nitrogen and oxygen atoms in total. The van der Waals surface area contributed by atoms with E-state index in [1.807, 2.05) is 6.07 Å². The van der Waals surface area contributed by atoms with E-state index in [0.29, 0.717) is 31.5 Å². The predicted molar refractivity (Wildman–Crippen MR) is 62.5 cm³/mol. The number of carbonyl (C=O) groups is 2. The summed E-state index contributed by atoms with van der Waals surface area (Å²) in [4.78, 5) is 24.7. The highest BCUT2D eigenvalue weighted by Gasteiger charge is 2.35. The fourth-order valence-electron chi connectivity index (χ4n) is 1.96. The number of benzene rings is 1. The van der Waals surface area contributed by atoms with E-state index >= 15 is 0 Å². The van der Waals surface area contributed by atoms with E-state index in [1.165, 1.54) is 23.1 Å². The Morgan fingerprint density at radius 3 is 2.78 bits per heavy atom. The van der Waals surface area contributed by atoms with E-state index in [9.17, 15) is 14.0 Å². The number of amides is 1. The number of hydrogen-bond acceptors (Lipinski definition) is 3. The van der Waals surface area contributed by atoms with Gasteiger partial charge in [-0.2, -0.15) is 5.26 Å². The molecule has 0 unspecified atom stereocenters. The molecule has 2 rings (SSSR count). The lowest BCUT2D eigenvalue weighted by molar-refractivity contribution is -0.114. The van der Waals surface area contributed by atoms with Crippen LogP contribution in [-0.4, -0.2) is 18.2 Å². The van der Waals surface area contributed by atoms with Crippen LogP contribution < -0.4 is 4.90 Å². The van der Waals surface area contributed by atoms with Crippen molar-refractivity contribution in [2.45, 2.75) is 19.3 Å². The molecule has 18 heavy (non-hydrogen) atoms. The smallest absolute Gasteiger partial charge is 0.299 e. The Kier molecular flexibility index (Phi) is 3.38. The van der Waals surface area contributed by atoms with Crippen LogP contribution in [0.3, 0.4) is 0 Å². The number of rotatable bonds is 4. The van der Waals surface area contributed by atoms with Gasteiger partial charge in [0, 0.05) is 13.0 Å². The Hall–Kier alpha value is -2.22. The lowest BCUT2D eigenvalue weighted by Gasteiger charge is -2.15. The first-order valence-electron chi connectivity index (χ1n) is 5.68. The molecule has 92 valence electrons. The summed E-state index contributed by atoms with van der Waals surface area (Å²) in [7, 11) is 0. The minimum absolute atomic E-state index is 0.252. The fourth-order valence-corrected chi connectivity index (χ4v) is 1.96. The standard InChI is InChI=1S/C13H11FN2O2/c14-9-4-5-10-11(8-9)16(13(18)12(10)17)7-3-1-2-6-15/h4-5,8H,1-3,7H2. The molecular weight excluding hydrogens is 235 g/mol. The number of fused-ring (bicyclic) bond motifs is 1. The SMILES string of the molecule is N#CCCCCN1C(=O)C(=O)c2ccc(F)cc21. The summed E-state index contributed by atoms with van der Waals surface area (Å²) in [6, 6.07) is 5.71. The van der Waals surface area contributed by atoms with E-state index in [1.54, 1.807) is 0 Å². The molecule has 1 aliphatic rings. The molecule has 0 saturated heterocycles. The summed E-state index contributed by atoms with van der Waals surface area (Å²) < 4.78 is 13.1. The van der Waals surface area contributed by atoms with Gasteiger partial charge in [-0.05, 0) is 31.0 Å². The normalized spacial score (nSPS) is 13.7. The van der Waals surface area contributed by atoms with Crippen LogP contribution in [0.1, 0.15) is 29.6 Å². The van der Waals surface area contributed by atoms with Gasteiger partial charge in [-0.3, -0.25) is 9.59 Å². The molecule has 0 atom stereocenters. The molecule has 1 aliphatic heterocycles. The van der Waals surface area contributed by atoms with Gasteiger partial charge in [-0.25, -0.2) is 4.39 Å². The average Bonchev–Trinajstić information content (AvgIpc) is 2.59. The Balaban J connectivity index is 2.17. The van der Waals surface area contributed by atoms with E-state index < -0.39 is 17.5 Å². The molecular formula is C13H11FN2O2. The van der Waals surface area contributed by atoms with Crippen LogP contribution in [0.15, 0.2) is 18.2 Å². The molecule has 0 spiro atoms. The van der Waals surface area contributed by atoms with Gasteiger partial charge in [0.1, 0.15) is 5.82 Å². The van der Waals surface area contributed by atoms with Crippen molar-refractivity contribution in [3.63, 3.8) is 0 Å². The molecule has 0 radical (unpaired) electrons. The molecule has 1 aromatic rings. The molecule has 0 aliphatic carbocycles. The topological polar surface area (TPSA) is 61.2 Å². The van der Waals surface area contributed by atoms with Gasteiger partial charge in [0.05, 0.1) is 17.3 Å². The van der Waals surface area contributed by atoms with E-state index in [-0.39, 0.29) is 5.56 Å². The Bertz CT molecular complexity index is 548. The first-order valence-corrected chi connectivity index (χ1v) is 5.68. The quantitative estimate of drug-likeness (QED) is 0.603. The number of ketones is 1. The number of hydrogen-bond donors (Lipinski definition) is 0. The number of unbranched alkanes of at least 4 members (excludes halogenated alkanes) is 2. The second-order valence-corrected chi connectivity index (χ2v) is 4.06. The molecule has 5 heteroatoms. The Labute approximate surface area is 104 Å². The predicted octanol–water partition coefficient (Wildman–Crippen LogP) is 2.05. The molecule has 0 fully saturated rings. The van der Waals surface area contributed by atoms with Crippen LogP contribution in [0.2, 0.25) is 0 Å². The van der Waals surface area contributed by atoms with Crippen molar-refractivity contribution in [2.24, 2.45) is 0 Å². The zero-order valence-electron chi connectivity index (χ0n) is 9.65. The lowest BCUT2D eigenvalue weighted by atomic mass is 10.1. The highest BCUT2D eigenvalue weighted by atomic mass is 19.1. The molecule has 1 aromatic carbocycles. The van der Waals surface area contributed by atoms with Crippen molar-refractivity contribution in [3.05, 3.63) is 29.6 Å². The first-order chi connectivity index (χ1) is 8.65. The highest BCUT2D eigenvalue weighted by molar-refractivity contribution is 6.52. The van der Waals surface area contributed by atoms with Crippen LogP contribution in [0.25, 0.3) is 0 Å². The number of anilines is 1. The van der Waals surface area contributed by atoms with Gasteiger partial charge >= 0.3 is 0 Å². The molecule has 0 N–H and O–H groups in total. The van der Waals surface area contributed by atoms with Crippen molar-refractivity contribution in [2.75, 3.05) is 11.4 Å². The van der Waals surface area contributed by atoms with Gasteiger partial charge < -0.3 is 4.90 Å². The first kappa shape index (κ1) is 12.2. The molecule has 1 heterocycles. The van der Waals surface area contributed by atoms with Gasteiger partial charge in [-0.1, -0.05) is 0 Å². The summed E-state index contributed by atoms with van der Waals surface area (Å²) in [6.07, 6.45) is 1.67. The summed E-state index contributed by atoms with van der Waals surface area (Å²) in [6.45, 7) is 0.336. The van der Waals surface area contributed by atoms with Crippen LogP contribution >= 0.6 is 0 Å². The number of carbonyl (C=O) groups excluding carboxylic acids is 2. The maximum Gasteiger partial charge on any atom is 0.299 e. The van der Waals surface area contributed by atoms with Crippen molar-refractivity contribution in [1.29, 1.82) is 5.26 Å². The monoisotopic (exact) mass is 246 g/mol. The minimum atomic E-state index is -0.618. The van der Waals surface area contributed by atoms with Crippen LogP contribution in [0.4, 0.5) is 10.1 Å². The van der Waals surface area contributed by atoms with Crippen LogP contribution in [-0.2, 0) is 4.79 Å². The maximum absolute atomic E-state index is 13.1. The third-order valence-corrected chi connectivity index (χ3v) is 2.85. The largest absolute Gasteiger partial charge is 0.305 e. The van der Waals surface area contributed by atoms with Crippen molar-refractivity contribution >= 4 is 17.4 Å². The number of nitriles is 1. The third kappa shape index (κ3) is 2.09. The van der Waals surface area contributed by atoms with E-state index in [4.69, 9.17) is 5.26 Å². The van der Waals surface area contributed by atoms with Gasteiger partial charge in [0.2, 0.25) is 0 Å². The maximum atomic E-state index is 13.1. The molecule has 1 amide bonds. The number of nitrogens with zero attached hydrogens (tertiary/aromatic N) is 2. The third-order valence-electron chi connectivity index (χ3n) is 2.85. The summed E-state index contributed by atoms with van der Waals surface area (Å²) in [5.74, 6) is -1.68. The average molecular weight is 246 g/mol. The molecule has 0 bridgehead atoms. The Morgan fingerprint density at radius 2 is 2.06 bits per heavy atom. The van der Waals surface area contributed by atoms with Crippen molar-refractivity contribution in [1.82, 2.24) is 0 Å². The second-order valence-electron chi connectivity index (χ2n) is 4.06. The summed E-state index contributed by atoms with van der Waals surface area (Å²) in [5, 5.41) is 8.41. The van der Waals surface area contributed by atoms with Crippen molar-refractivity contribution < 1.29 is 14.0 Å². The Morgan fingerprint density at radius 1 is 1.28 bits per heavy atom. The van der Waals surface area contributed by atoms with E-state index in [2.05, 4.69) is 0 Å². The zero-order valence-corrected chi connectivity index (χ0v) is 9.65. The van der Waals surface area contributed by atoms with E-state index in [0.717, 1.165) is 0 Å². The van der Waals surface area contributed by atoms with Crippen LogP contribution in [0, 0.1) is 17.1 Å². The number of Topliss-reactive ketones (excluding diaryl/α,β-unsaturated/α-hetero) is 1. The second kappa shape index (κ2) is 4.96. The highest BCUT2D eigenvalue weighted by Crippen LogP contribution is 2.29. The molecule has 0 saturated carbocycles. The van der Waals surface area contributed by atoms with Crippen molar-refractivity contribution in [3.8, 4) is 6.07 Å². The summed E-state index contributed by atoms with van der Waals surface area (Å²) >= 11 is 0. The molecule has 0 aromatic heterocycles.